The monoisotopic (exact) mass is 382 g/mol. The summed E-state index contributed by atoms with van der Waals surface area (Å²) in [6, 6.07) is 13.8. The van der Waals surface area contributed by atoms with Crippen molar-refractivity contribution in [1.82, 2.24) is 15.0 Å². The average molecular weight is 383 g/mol. The molecule has 4 aromatic rings. The Hall–Kier alpha value is -2.54. The van der Waals surface area contributed by atoms with Gasteiger partial charge >= 0.3 is 0 Å². The number of pyridine rings is 2. The minimum Gasteiger partial charge on any atom is -0.363 e. The van der Waals surface area contributed by atoms with Crippen molar-refractivity contribution in [3.05, 3.63) is 71.8 Å². The second kappa shape index (κ2) is 7.78. The van der Waals surface area contributed by atoms with Crippen LogP contribution in [0.25, 0.3) is 20.8 Å². The van der Waals surface area contributed by atoms with Gasteiger partial charge < -0.3 is 10.1 Å². The molecule has 0 bridgehead atoms. The van der Waals surface area contributed by atoms with E-state index in [4.69, 9.17) is 16.3 Å². The lowest BCUT2D eigenvalue weighted by atomic mass is 10.2. The number of nitrogens with one attached hydrogen (secondary N) is 1. The van der Waals surface area contributed by atoms with Crippen LogP contribution in [0.5, 0.6) is 0 Å². The third-order valence-corrected chi connectivity index (χ3v) is 5.17. The fraction of sp³-hybridized carbons (Fsp3) is 0.105. The molecule has 4 rings (SSSR count). The molecule has 3 aromatic heterocycles. The Morgan fingerprint density at radius 2 is 2.08 bits per heavy atom. The Morgan fingerprint density at radius 3 is 2.96 bits per heavy atom. The quantitative estimate of drug-likeness (QED) is 0.289. The number of anilines is 1. The van der Waals surface area contributed by atoms with Gasteiger partial charge in [-0.2, -0.15) is 0 Å². The Morgan fingerprint density at radius 1 is 1.12 bits per heavy atom. The number of aromatic nitrogens is 3. The maximum absolute atomic E-state index is 6.02. The SMILES string of the molecule is Clc1ncccc1COCNc1cccc(-c2nc3ccncc3s2)c1. The number of hydrogen-bond donors (Lipinski definition) is 1. The van der Waals surface area contributed by atoms with Crippen LogP contribution < -0.4 is 5.32 Å². The zero-order valence-corrected chi connectivity index (χ0v) is 15.3. The van der Waals surface area contributed by atoms with Crippen molar-refractivity contribution in [2.24, 2.45) is 0 Å². The van der Waals surface area contributed by atoms with Gasteiger partial charge in [-0.3, -0.25) is 4.98 Å². The molecule has 0 aliphatic heterocycles. The summed E-state index contributed by atoms with van der Waals surface area (Å²) in [7, 11) is 0. The molecule has 26 heavy (non-hydrogen) atoms. The van der Waals surface area contributed by atoms with Gasteiger partial charge in [0.2, 0.25) is 0 Å². The highest BCUT2D eigenvalue weighted by molar-refractivity contribution is 7.21. The van der Waals surface area contributed by atoms with E-state index in [-0.39, 0.29) is 0 Å². The van der Waals surface area contributed by atoms with Gasteiger partial charge in [0, 0.05) is 35.4 Å². The first-order valence-corrected chi connectivity index (χ1v) is 9.21. The summed E-state index contributed by atoms with van der Waals surface area (Å²) in [5.41, 5.74) is 3.87. The van der Waals surface area contributed by atoms with Gasteiger partial charge in [-0.15, -0.1) is 11.3 Å². The summed E-state index contributed by atoms with van der Waals surface area (Å²) in [6.07, 6.45) is 5.26. The maximum atomic E-state index is 6.02. The summed E-state index contributed by atoms with van der Waals surface area (Å²) in [5, 5.41) is 4.70. The van der Waals surface area contributed by atoms with Crippen LogP contribution in [-0.2, 0) is 11.3 Å². The molecule has 0 fully saturated rings. The highest BCUT2D eigenvalue weighted by Crippen LogP contribution is 2.30. The predicted octanol–water partition coefficient (Wildman–Crippen LogP) is 4.99. The molecule has 0 aliphatic carbocycles. The summed E-state index contributed by atoms with van der Waals surface area (Å²) in [5.74, 6) is 0. The second-order valence-electron chi connectivity index (χ2n) is 5.57. The minimum absolute atomic E-state index is 0.373. The molecule has 0 aliphatic rings. The van der Waals surface area contributed by atoms with Gasteiger partial charge in [-0.1, -0.05) is 29.8 Å². The van der Waals surface area contributed by atoms with Crippen molar-refractivity contribution in [2.75, 3.05) is 12.0 Å². The molecule has 0 saturated heterocycles. The summed E-state index contributed by atoms with van der Waals surface area (Å²) >= 11 is 7.65. The molecule has 0 saturated carbocycles. The van der Waals surface area contributed by atoms with Crippen LogP contribution in [0.3, 0.4) is 0 Å². The molecule has 0 unspecified atom stereocenters. The molecule has 0 atom stereocenters. The lowest BCUT2D eigenvalue weighted by Crippen LogP contribution is -2.06. The van der Waals surface area contributed by atoms with Crippen LogP contribution in [0.2, 0.25) is 5.15 Å². The van der Waals surface area contributed by atoms with Crippen molar-refractivity contribution in [2.45, 2.75) is 6.61 Å². The molecule has 1 N–H and O–H groups in total. The normalized spacial score (nSPS) is 11.0. The van der Waals surface area contributed by atoms with E-state index in [0.717, 1.165) is 32.0 Å². The topological polar surface area (TPSA) is 59.9 Å². The molecule has 3 heterocycles. The van der Waals surface area contributed by atoms with Crippen molar-refractivity contribution in [1.29, 1.82) is 0 Å². The number of fused-ring (bicyclic) bond motifs is 1. The van der Waals surface area contributed by atoms with Gasteiger partial charge in [0.15, 0.2) is 0 Å². The molecule has 130 valence electrons. The molecular weight excluding hydrogens is 368 g/mol. The van der Waals surface area contributed by atoms with E-state index in [2.05, 4.69) is 26.3 Å². The van der Waals surface area contributed by atoms with E-state index < -0.39 is 0 Å². The zero-order chi connectivity index (χ0) is 17.8. The second-order valence-corrected chi connectivity index (χ2v) is 6.95. The number of halogens is 1. The van der Waals surface area contributed by atoms with E-state index in [1.165, 1.54) is 0 Å². The number of hydrogen-bond acceptors (Lipinski definition) is 6. The van der Waals surface area contributed by atoms with Crippen molar-refractivity contribution in [3.63, 3.8) is 0 Å². The molecule has 7 heteroatoms. The first-order chi connectivity index (χ1) is 12.8. The Kier molecular flexibility index (Phi) is 5.06. The van der Waals surface area contributed by atoms with Crippen LogP contribution >= 0.6 is 22.9 Å². The molecular formula is C19H15ClN4OS. The standard InChI is InChI=1S/C19H15ClN4OS/c20-18-14(4-2-7-22-18)11-25-12-23-15-5-1-3-13(9-15)19-24-16-6-8-21-10-17(16)26-19/h1-10,23H,11-12H2. The highest BCUT2D eigenvalue weighted by atomic mass is 35.5. The van der Waals surface area contributed by atoms with E-state index >= 15 is 0 Å². The van der Waals surface area contributed by atoms with Crippen molar-refractivity contribution in [3.8, 4) is 10.6 Å². The Labute approximate surface area is 159 Å². The Balaban J connectivity index is 1.40. The lowest BCUT2D eigenvalue weighted by molar-refractivity contribution is 0.138. The highest BCUT2D eigenvalue weighted by Gasteiger charge is 2.07. The number of benzene rings is 1. The van der Waals surface area contributed by atoms with Crippen LogP contribution in [0.4, 0.5) is 5.69 Å². The van der Waals surface area contributed by atoms with Crippen LogP contribution in [0.1, 0.15) is 5.56 Å². The third kappa shape index (κ3) is 3.83. The van der Waals surface area contributed by atoms with E-state index in [9.17, 15) is 0 Å². The zero-order valence-electron chi connectivity index (χ0n) is 13.7. The average Bonchev–Trinajstić information content (AvgIpc) is 3.11. The van der Waals surface area contributed by atoms with Crippen molar-refractivity contribution >= 4 is 38.8 Å². The van der Waals surface area contributed by atoms with Gasteiger partial charge in [-0.05, 0) is 24.3 Å². The number of ether oxygens (including phenoxy) is 1. The molecule has 0 amide bonds. The Bertz CT molecular complexity index is 1000. The number of rotatable bonds is 6. The smallest absolute Gasteiger partial charge is 0.134 e. The predicted molar refractivity (Wildman–Crippen MR) is 105 cm³/mol. The summed E-state index contributed by atoms with van der Waals surface area (Å²) in [4.78, 5) is 12.8. The molecule has 1 aromatic carbocycles. The fourth-order valence-electron chi connectivity index (χ4n) is 2.49. The third-order valence-electron chi connectivity index (χ3n) is 3.77. The largest absolute Gasteiger partial charge is 0.363 e. The maximum Gasteiger partial charge on any atom is 0.134 e. The van der Waals surface area contributed by atoms with Gasteiger partial charge in [0.1, 0.15) is 16.9 Å². The van der Waals surface area contributed by atoms with Gasteiger partial charge in [0.05, 0.1) is 16.8 Å². The molecule has 0 radical (unpaired) electrons. The lowest BCUT2D eigenvalue weighted by Gasteiger charge is -2.09. The summed E-state index contributed by atoms with van der Waals surface area (Å²) in [6.45, 7) is 0.780. The van der Waals surface area contributed by atoms with E-state index in [1.54, 1.807) is 23.7 Å². The van der Waals surface area contributed by atoms with Crippen LogP contribution in [0, 0.1) is 0 Å². The van der Waals surface area contributed by atoms with E-state index in [0.29, 0.717) is 18.5 Å². The number of nitrogens with zero attached hydrogens (tertiary/aromatic N) is 3. The van der Waals surface area contributed by atoms with Crippen LogP contribution in [-0.4, -0.2) is 21.7 Å². The first-order valence-electron chi connectivity index (χ1n) is 8.01. The van der Waals surface area contributed by atoms with Gasteiger partial charge in [-0.25, -0.2) is 9.97 Å². The molecule has 5 nitrogen and oxygen atoms in total. The van der Waals surface area contributed by atoms with Gasteiger partial charge in [0.25, 0.3) is 0 Å². The first kappa shape index (κ1) is 16.9. The minimum atomic E-state index is 0.373. The van der Waals surface area contributed by atoms with Crippen molar-refractivity contribution < 1.29 is 4.74 Å². The number of thiazole rings is 1. The molecule has 0 spiro atoms. The fourth-order valence-corrected chi connectivity index (χ4v) is 3.59. The van der Waals surface area contributed by atoms with E-state index in [1.807, 2.05) is 42.6 Å². The van der Waals surface area contributed by atoms with Crippen LogP contribution in [0.15, 0.2) is 61.1 Å². The summed E-state index contributed by atoms with van der Waals surface area (Å²) < 4.78 is 6.72.